The Labute approximate surface area is 542 Å². The fraction of sp³-hybridized carbons (Fsp3) is 0.451. The molecule has 1 aromatic heterocycles. The quantitative estimate of drug-likeness (QED) is 0.0543. The molecule has 4 aromatic carbocycles. The van der Waals surface area contributed by atoms with Gasteiger partial charge >= 0.3 is 18.2 Å². The molecule has 0 aliphatic carbocycles. The lowest BCUT2D eigenvalue weighted by Crippen LogP contribution is -2.57. The Bertz CT molecular complexity index is 3570. The standard InChI is InChI=1S/C39H46N4O8.C32H38N2O8/c1-5-16-49-39(47)43-33-22-34(50-24-28-12-10-11-27(19-28)20-35(45)40-29-21-32(26(3)44)41(4)23-29)25(2)18-30(33)37(46)42-15-8-6-13-31(42)38(43)51-36-14-7-9-17-48-36;1-3-14-40-32(38)34-26-19-27(41-20-23-10-8-9-22(17-23)18-28(35)36)21(2)16-24(26)30(37)33-13-6-4-11-25(33)31(34)42-29-12-5-7-15-39-29/h5,10-12,18-19,21-23,31,36,38H,1,6-9,13-17,20,24H2,2-4H3,(H,40,45);3,8-10,16-17,19,25,29,31H,1,4-7,11-15,18,20H2,2H3,(H,35,36)/t31-,36?,38?;25-,29?,31?/m00/s1. The second-order valence-electron chi connectivity index (χ2n) is 24.3. The number of nitrogens with one attached hydrogen (secondary N) is 1. The molecular formula is C71H84N6O16. The Morgan fingerprint density at radius 3 is 1.51 bits per heavy atom. The molecule has 22 nitrogen and oxygen atoms in total. The Balaban J connectivity index is 0.000000207. The second-order valence-corrected chi connectivity index (χ2v) is 24.3. The first-order chi connectivity index (χ1) is 45.0. The maximum atomic E-state index is 14.2. The van der Waals surface area contributed by atoms with E-state index in [1.807, 2.05) is 54.0 Å². The van der Waals surface area contributed by atoms with Crippen LogP contribution in [0.3, 0.4) is 0 Å². The summed E-state index contributed by atoms with van der Waals surface area (Å²) in [5.41, 5.74) is 7.07. The number of benzene rings is 4. The summed E-state index contributed by atoms with van der Waals surface area (Å²) in [6, 6.07) is 22.6. The van der Waals surface area contributed by atoms with Gasteiger partial charge in [-0.15, -0.1) is 0 Å². The van der Waals surface area contributed by atoms with E-state index in [1.54, 1.807) is 66.3 Å². The van der Waals surface area contributed by atoms with Crippen LogP contribution in [0.1, 0.15) is 149 Å². The van der Waals surface area contributed by atoms with Gasteiger partial charge in [-0.05, 0) is 142 Å². The minimum absolute atomic E-state index is 0.00153. The van der Waals surface area contributed by atoms with Gasteiger partial charge in [0, 0.05) is 58.6 Å². The van der Waals surface area contributed by atoms with Gasteiger partial charge in [0.1, 0.15) is 37.9 Å². The van der Waals surface area contributed by atoms with Crippen LogP contribution in [0.2, 0.25) is 0 Å². The zero-order chi connectivity index (χ0) is 65.7. The number of carbonyl (C=O) groups is 7. The van der Waals surface area contributed by atoms with E-state index in [2.05, 4.69) is 18.5 Å². The van der Waals surface area contributed by atoms with E-state index < -0.39 is 43.2 Å². The zero-order valence-corrected chi connectivity index (χ0v) is 53.5. The normalized spacial score (nSPS) is 21.0. The molecule has 6 aliphatic heterocycles. The fourth-order valence-electron chi connectivity index (χ4n) is 12.9. The van der Waals surface area contributed by atoms with Gasteiger partial charge in [0.2, 0.25) is 5.91 Å². The SMILES string of the molecule is C=CCOC(=O)N1c2cc(OCc3cccc(CC(=O)Nc4cc(C(C)=O)n(C)c4)c3)c(C)cc2C(=O)N2CCCC[C@H]2C1OC1CCCCO1.C=CCOC(=O)N1c2cc(OCc3cccc(CC(=O)O)c3)c(C)cc2C(=O)N2CCCC[C@H]2C1OC1CCCCO1. The maximum Gasteiger partial charge on any atom is 0.416 e. The van der Waals surface area contributed by atoms with Crippen LogP contribution in [-0.4, -0.2) is 138 Å². The summed E-state index contributed by atoms with van der Waals surface area (Å²) in [5, 5.41) is 12.0. The predicted octanol–water partition coefficient (Wildman–Crippen LogP) is 11.5. The number of Topliss-reactive ketones (excluding diaryl/α,β-unsaturated/α-hetero) is 1. The number of carboxylic acid groups (broad SMARTS) is 1. The number of anilines is 3. The summed E-state index contributed by atoms with van der Waals surface area (Å²) >= 11 is 0. The molecule has 4 fully saturated rings. The molecule has 5 amide bonds. The highest BCUT2D eigenvalue weighted by molar-refractivity contribution is 6.07. The molecule has 11 rings (SSSR count). The Kier molecular flexibility index (Phi) is 22.5. The number of rotatable bonds is 20. The van der Waals surface area contributed by atoms with E-state index >= 15 is 0 Å². The van der Waals surface area contributed by atoms with E-state index in [1.165, 1.54) is 28.9 Å². The molecule has 5 aromatic rings. The van der Waals surface area contributed by atoms with E-state index in [9.17, 15) is 33.6 Å². The average Bonchev–Trinajstić information content (AvgIpc) is 1.76. The predicted molar refractivity (Wildman–Crippen MR) is 345 cm³/mol. The highest BCUT2D eigenvalue weighted by Crippen LogP contribution is 2.43. The minimum Gasteiger partial charge on any atom is -0.489 e. The van der Waals surface area contributed by atoms with Crippen LogP contribution >= 0.6 is 0 Å². The molecule has 4 unspecified atom stereocenters. The van der Waals surface area contributed by atoms with Crippen molar-refractivity contribution in [2.75, 3.05) is 54.6 Å². The van der Waals surface area contributed by atoms with Crippen LogP contribution in [-0.2, 0) is 71.1 Å². The summed E-state index contributed by atoms with van der Waals surface area (Å²) in [6.07, 6.45) is 10.8. The first kappa shape index (κ1) is 67.1. The fourth-order valence-corrected chi connectivity index (χ4v) is 12.9. The first-order valence-corrected chi connectivity index (χ1v) is 32.2. The first-order valence-electron chi connectivity index (χ1n) is 32.2. The number of nitrogens with zero attached hydrogens (tertiary/aromatic N) is 5. The van der Waals surface area contributed by atoms with Gasteiger partial charge in [0.05, 0.1) is 58.8 Å². The number of aliphatic carboxylic acids is 1. The van der Waals surface area contributed by atoms with Gasteiger partial charge in [-0.1, -0.05) is 73.8 Å². The van der Waals surface area contributed by atoms with Crippen molar-refractivity contribution in [1.29, 1.82) is 0 Å². The number of carboxylic acids is 1. The van der Waals surface area contributed by atoms with Crippen molar-refractivity contribution in [3.8, 4) is 11.5 Å². The van der Waals surface area contributed by atoms with E-state index in [0.717, 1.165) is 79.2 Å². The van der Waals surface area contributed by atoms with Gasteiger partial charge in [-0.2, -0.15) is 0 Å². The third-order valence-electron chi connectivity index (χ3n) is 17.4. The number of aromatic nitrogens is 1. The van der Waals surface area contributed by atoms with Crippen LogP contribution in [0.5, 0.6) is 11.5 Å². The van der Waals surface area contributed by atoms with Crippen molar-refractivity contribution < 1.29 is 76.6 Å². The third kappa shape index (κ3) is 16.3. The Hall–Kier alpha value is -8.83. The van der Waals surface area contributed by atoms with Crippen molar-refractivity contribution in [3.05, 3.63) is 161 Å². The lowest BCUT2D eigenvalue weighted by atomic mass is 10.00. The number of amides is 5. The molecule has 22 heteroatoms. The van der Waals surface area contributed by atoms with E-state index in [-0.39, 0.29) is 74.9 Å². The molecule has 4 saturated heterocycles. The van der Waals surface area contributed by atoms with Crippen molar-refractivity contribution in [3.63, 3.8) is 0 Å². The van der Waals surface area contributed by atoms with Gasteiger partial charge in [0.15, 0.2) is 30.8 Å². The summed E-state index contributed by atoms with van der Waals surface area (Å²) in [4.78, 5) is 98.2. The van der Waals surface area contributed by atoms with Crippen molar-refractivity contribution >= 4 is 58.7 Å². The summed E-state index contributed by atoms with van der Waals surface area (Å²) in [7, 11) is 1.76. The second kappa shape index (κ2) is 31.2. The number of hydrogen-bond donors (Lipinski definition) is 2. The Morgan fingerprint density at radius 2 is 1.08 bits per heavy atom. The van der Waals surface area contributed by atoms with E-state index in [0.29, 0.717) is 103 Å². The van der Waals surface area contributed by atoms with Crippen LogP contribution in [0.4, 0.5) is 26.7 Å². The lowest BCUT2D eigenvalue weighted by Gasteiger charge is -2.42. The molecule has 2 N–H and O–H groups in total. The van der Waals surface area contributed by atoms with E-state index in [4.69, 9.17) is 43.0 Å². The molecular weight excluding hydrogens is 1190 g/mol. The van der Waals surface area contributed by atoms with Crippen LogP contribution < -0.4 is 24.6 Å². The van der Waals surface area contributed by atoms with Crippen molar-refractivity contribution in [2.24, 2.45) is 7.05 Å². The number of hydrogen-bond acceptors (Lipinski definition) is 15. The molecule has 6 aliphatic rings. The molecule has 0 saturated carbocycles. The zero-order valence-electron chi connectivity index (χ0n) is 53.5. The van der Waals surface area contributed by atoms with Crippen LogP contribution in [0.25, 0.3) is 0 Å². The smallest absolute Gasteiger partial charge is 0.416 e. The monoisotopic (exact) mass is 1280 g/mol. The topological polar surface area (TPSA) is 243 Å². The third-order valence-corrected chi connectivity index (χ3v) is 17.4. The maximum absolute atomic E-state index is 14.2. The summed E-state index contributed by atoms with van der Waals surface area (Å²) in [5.74, 6) is -0.559. The number of ether oxygens (including phenoxy) is 8. The number of fused-ring (bicyclic) bond motifs is 4. The van der Waals surface area contributed by atoms with Crippen molar-refractivity contribution in [1.82, 2.24) is 14.4 Å². The summed E-state index contributed by atoms with van der Waals surface area (Å²) in [6.45, 7) is 15.2. The number of aryl methyl sites for hydroxylation is 3. The largest absolute Gasteiger partial charge is 0.489 e. The molecule has 0 spiro atoms. The van der Waals surface area contributed by atoms with Crippen LogP contribution in [0, 0.1) is 13.8 Å². The van der Waals surface area contributed by atoms with Crippen molar-refractivity contribution in [2.45, 2.75) is 161 Å². The average molecular weight is 1280 g/mol. The molecule has 0 bridgehead atoms. The number of piperidine rings is 2. The van der Waals surface area contributed by atoms with Gasteiger partial charge < -0.3 is 62.7 Å². The van der Waals surface area contributed by atoms with Gasteiger partial charge in [-0.3, -0.25) is 24.0 Å². The minimum atomic E-state index is -0.908. The highest BCUT2D eigenvalue weighted by Gasteiger charge is 2.49. The molecule has 6 atom stereocenters. The molecule has 93 heavy (non-hydrogen) atoms. The Morgan fingerprint density at radius 1 is 0.613 bits per heavy atom. The summed E-state index contributed by atoms with van der Waals surface area (Å²) < 4.78 is 50.4. The lowest BCUT2D eigenvalue weighted by molar-refractivity contribution is -0.199. The van der Waals surface area contributed by atoms with Crippen LogP contribution in [0.15, 0.2) is 110 Å². The molecule has 0 radical (unpaired) electrons. The van der Waals surface area contributed by atoms with Gasteiger partial charge in [-0.25, -0.2) is 19.4 Å². The highest BCUT2D eigenvalue weighted by atomic mass is 16.7. The molecule has 494 valence electrons. The number of carbonyl (C=O) groups excluding carboxylic acids is 6. The number of ketones is 1. The molecule has 7 heterocycles. The van der Waals surface area contributed by atoms with Gasteiger partial charge in [0.25, 0.3) is 11.8 Å².